The van der Waals surface area contributed by atoms with Crippen molar-refractivity contribution in [1.82, 2.24) is 10.3 Å². The van der Waals surface area contributed by atoms with Gasteiger partial charge in [-0.25, -0.2) is 9.78 Å². The summed E-state index contributed by atoms with van der Waals surface area (Å²) in [5.41, 5.74) is 0.907. The number of hydrogen-bond donors (Lipinski definition) is 3. The van der Waals surface area contributed by atoms with Crippen LogP contribution in [0.15, 0.2) is 12.1 Å². The van der Waals surface area contributed by atoms with Gasteiger partial charge in [-0.15, -0.1) is 0 Å². The summed E-state index contributed by atoms with van der Waals surface area (Å²) in [6.07, 6.45) is 0.974. The second-order valence-corrected chi connectivity index (χ2v) is 4.79. The topological polar surface area (TPSA) is 91.3 Å². The van der Waals surface area contributed by atoms with Crippen molar-refractivity contribution < 1.29 is 14.7 Å². The number of nitrogens with one attached hydrogen (secondary N) is 2. The minimum Gasteiger partial charge on any atom is -0.478 e. The van der Waals surface area contributed by atoms with Crippen LogP contribution in [-0.2, 0) is 11.2 Å². The van der Waals surface area contributed by atoms with Crippen LogP contribution in [0.25, 0.3) is 0 Å². The number of hydrogen-bond acceptors (Lipinski definition) is 4. The van der Waals surface area contributed by atoms with Crippen molar-refractivity contribution >= 4 is 17.7 Å². The molecule has 6 nitrogen and oxygen atoms in total. The summed E-state index contributed by atoms with van der Waals surface area (Å²) >= 11 is 0. The van der Waals surface area contributed by atoms with E-state index in [1.807, 2.05) is 20.8 Å². The molecule has 0 fully saturated rings. The monoisotopic (exact) mass is 279 g/mol. The zero-order valence-electron chi connectivity index (χ0n) is 12.1. The number of rotatable bonds is 7. The standard InChI is InChI=1S/C14H21N3O3/c1-4-11-7-10(14(19)20)8-12(17-11)15-6-5-13(18)16-9(2)3/h7-9H,4-6H2,1-3H3,(H,15,17)(H,16,18)(H,19,20). The average Bonchev–Trinajstić information content (AvgIpc) is 2.37. The Labute approximate surface area is 118 Å². The van der Waals surface area contributed by atoms with E-state index < -0.39 is 5.97 Å². The summed E-state index contributed by atoms with van der Waals surface area (Å²) < 4.78 is 0. The Balaban J connectivity index is 2.61. The van der Waals surface area contributed by atoms with Gasteiger partial charge in [0.05, 0.1) is 5.56 Å². The number of carbonyl (C=O) groups is 2. The fourth-order valence-corrected chi connectivity index (χ4v) is 1.68. The summed E-state index contributed by atoms with van der Waals surface area (Å²) in [7, 11) is 0. The number of nitrogens with zero attached hydrogens (tertiary/aromatic N) is 1. The molecular formula is C14H21N3O3. The Morgan fingerprint density at radius 3 is 2.60 bits per heavy atom. The first-order valence-corrected chi connectivity index (χ1v) is 6.69. The Bertz CT molecular complexity index is 487. The summed E-state index contributed by atoms with van der Waals surface area (Å²) in [6, 6.07) is 3.14. The van der Waals surface area contributed by atoms with E-state index in [1.54, 1.807) is 6.07 Å². The molecule has 0 spiro atoms. The van der Waals surface area contributed by atoms with E-state index in [2.05, 4.69) is 15.6 Å². The first kappa shape index (κ1) is 15.9. The molecule has 0 unspecified atom stereocenters. The molecule has 0 saturated heterocycles. The molecule has 1 rings (SSSR count). The highest BCUT2D eigenvalue weighted by atomic mass is 16.4. The highest BCUT2D eigenvalue weighted by Crippen LogP contribution is 2.11. The number of carboxylic acid groups (broad SMARTS) is 1. The van der Waals surface area contributed by atoms with Crippen molar-refractivity contribution in [2.24, 2.45) is 0 Å². The van der Waals surface area contributed by atoms with Gasteiger partial charge in [-0.3, -0.25) is 4.79 Å². The minimum atomic E-state index is -0.984. The Hall–Kier alpha value is -2.11. The third-order valence-electron chi connectivity index (χ3n) is 2.60. The predicted molar refractivity (Wildman–Crippen MR) is 77.0 cm³/mol. The minimum absolute atomic E-state index is 0.0439. The zero-order chi connectivity index (χ0) is 15.1. The highest BCUT2D eigenvalue weighted by molar-refractivity contribution is 5.88. The number of amides is 1. The number of aromatic carboxylic acids is 1. The molecule has 1 aromatic rings. The zero-order valence-corrected chi connectivity index (χ0v) is 12.1. The second kappa shape index (κ2) is 7.47. The lowest BCUT2D eigenvalue weighted by Crippen LogP contribution is -2.31. The first-order chi connectivity index (χ1) is 9.42. The van der Waals surface area contributed by atoms with Crippen LogP contribution in [0.5, 0.6) is 0 Å². The molecule has 110 valence electrons. The van der Waals surface area contributed by atoms with E-state index in [9.17, 15) is 9.59 Å². The molecule has 1 heterocycles. The van der Waals surface area contributed by atoms with Crippen LogP contribution >= 0.6 is 0 Å². The molecule has 6 heteroatoms. The van der Waals surface area contributed by atoms with Crippen LogP contribution in [0.2, 0.25) is 0 Å². The fraction of sp³-hybridized carbons (Fsp3) is 0.500. The maximum absolute atomic E-state index is 11.5. The molecule has 1 amide bonds. The Morgan fingerprint density at radius 2 is 2.05 bits per heavy atom. The lowest BCUT2D eigenvalue weighted by atomic mass is 10.2. The van der Waals surface area contributed by atoms with Gasteiger partial charge in [0.1, 0.15) is 5.82 Å². The van der Waals surface area contributed by atoms with E-state index >= 15 is 0 Å². The molecule has 0 aliphatic rings. The number of aryl methyl sites for hydroxylation is 1. The molecule has 1 aromatic heterocycles. The van der Waals surface area contributed by atoms with Crippen LogP contribution in [0, 0.1) is 0 Å². The van der Waals surface area contributed by atoms with Gasteiger partial charge in [0.2, 0.25) is 5.91 Å². The Morgan fingerprint density at radius 1 is 1.35 bits per heavy atom. The fourth-order valence-electron chi connectivity index (χ4n) is 1.68. The predicted octanol–water partition coefficient (Wildman–Crippen LogP) is 1.67. The van der Waals surface area contributed by atoms with Gasteiger partial charge in [-0.05, 0) is 32.4 Å². The van der Waals surface area contributed by atoms with E-state index in [0.717, 1.165) is 0 Å². The maximum Gasteiger partial charge on any atom is 0.335 e. The summed E-state index contributed by atoms with van der Waals surface area (Å²) in [4.78, 5) is 26.8. The second-order valence-electron chi connectivity index (χ2n) is 4.79. The lowest BCUT2D eigenvalue weighted by molar-refractivity contribution is -0.121. The number of pyridine rings is 1. The van der Waals surface area contributed by atoms with E-state index in [1.165, 1.54) is 6.07 Å². The van der Waals surface area contributed by atoms with Gasteiger partial charge in [0, 0.05) is 24.7 Å². The molecule has 0 aliphatic heterocycles. The van der Waals surface area contributed by atoms with Gasteiger partial charge >= 0.3 is 5.97 Å². The molecule has 0 bridgehead atoms. The number of anilines is 1. The normalized spacial score (nSPS) is 10.4. The van der Waals surface area contributed by atoms with Gasteiger partial charge in [-0.1, -0.05) is 6.92 Å². The molecule has 0 saturated carbocycles. The Kier molecular flexibility index (Phi) is 5.96. The molecule has 0 aromatic carbocycles. The molecular weight excluding hydrogens is 258 g/mol. The number of carboxylic acids is 1. The van der Waals surface area contributed by atoms with Gasteiger partial charge in [0.15, 0.2) is 0 Å². The quantitative estimate of drug-likeness (QED) is 0.706. The number of carbonyl (C=O) groups excluding carboxylic acids is 1. The third kappa shape index (κ3) is 5.26. The van der Waals surface area contributed by atoms with Crippen LogP contribution in [0.1, 0.15) is 43.2 Å². The molecule has 20 heavy (non-hydrogen) atoms. The van der Waals surface area contributed by atoms with Crippen molar-refractivity contribution in [3.8, 4) is 0 Å². The molecule has 3 N–H and O–H groups in total. The summed E-state index contributed by atoms with van der Waals surface area (Å²) in [5, 5.41) is 14.8. The van der Waals surface area contributed by atoms with E-state index in [-0.39, 0.29) is 17.5 Å². The summed E-state index contributed by atoms with van der Waals surface area (Å²) in [6.45, 7) is 6.12. The lowest BCUT2D eigenvalue weighted by Gasteiger charge is -2.10. The van der Waals surface area contributed by atoms with Crippen molar-refractivity contribution in [1.29, 1.82) is 0 Å². The van der Waals surface area contributed by atoms with Crippen molar-refractivity contribution in [2.45, 2.75) is 39.7 Å². The smallest absolute Gasteiger partial charge is 0.335 e. The number of aromatic nitrogens is 1. The molecule has 0 aliphatic carbocycles. The van der Waals surface area contributed by atoms with E-state index in [0.29, 0.717) is 30.9 Å². The van der Waals surface area contributed by atoms with Crippen molar-refractivity contribution in [3.05, 3.63) is 23.4 Å². The van der Waals surface area contributed by atoms with Crippen molar-refractivity contribution in [2.75, 3.05) is 11.9 Å². The van der Waals surface area contributed by atoms with Crippen molar-refractivity contribution in [3.63, 3.8) is 0 Å². The SMILES string of the molecule is CCc1cc(C(=O)O)cc(NCCC(=O)NC(C)C)n1. The van der Waals surface area contributed by atoms with Crippen LogP contribution in [-0.4, -0.2) is 34.6 Å². The molecule has 0 atom stereocenters. The van der Waals surface area contributed by atoms with Gasteiger partial charge in [-0.2, -0.15) is 0 Å². The first-order valence-electron chi connectivity index (χ1n) is 6.69. The van der Waals surface area contributed by atoms with Crippen LogP contribution in [0.4, 0.5) is 5.82 Å². The van der Waals surface area contributed by atoms with Gasteiger partial charge in [0.25, 0.3) is 0 Å². The third-order valence-corrected chi connectivity index (χ3v) is 2.60. The van der Waals surface area contributed by atoms with Gasteiger partial charge < -0.3 is 15.7 Å². The molecule has 0 radical (unpaired) electrons. The highest BCUT2D eigenvalue weighted by Gasteiger charge is 2.08. The van der Waals surface area contributed by atoms with Crippen LogP contribution in [0.3, 0.4) is 0 Å². The largest absolute Gasteiger partial charge is 0.478 e. The van der Waals surface area contributed by atoms with E-state index in [4.69, 9.17) is 5.11 Å². The average molecular weight is 279 g/mol. The summed E-state index contributed by atoms with van der Waals surface area (Å²) in [5.74, 6) is -0.542. The maximum atomic E-state index is 11.5. The van der Waals surface area contributed by atoms with Crippen LogP contribution < -0.4 is 10.6 Å².